The van der Waals surface area contributed by atoms with Crippen molar-refractivity contribution in [1.29, 1.82) is 0 Å². The SMILES string of the molecule is CCNC(=NCCCOC1CCOCC1)NCCc1c(C)[nH]c2ccccc12.I. The van der Waals surface area contributed by atoms with E-state index in [0.717, 1.165) is 71.1 Å². The second-order valence-corrected chi connectivity index (χ2v) is 7.25. The molecule has 1 aromatic heterocycles. The number of fused-ring (bicyclic) bond motifs is 1. The molecular formula is C22H35IN4O2. The Labute approximate surface area is 191 Å². The van der Waals surface area contributed by atoms with Gasteiger partial charge in [-0.15, -0.1) is 24.0 Å². The first-order valence-corrected chi connectivity index (χ1v) is 10.6. The Balaban J connectivity index is 0.00000300. The van der Waals surface area contributed by atoms with Crippen LogP contribution in [0.2, 0.25) is 0 Å². The number of rotatable bonds is 9. The summed E-state index contributed by atoms with van der Waals surface area (Å²) in [4.78, 5) is 8.15. The maximum atomic E-state index is 5.92. The standard InChI is InChI=1S/C22H34N4O2.HI/c1-3-23-22(24-12-6-14-28-18-10-15-27-16-11-18)25-13-9-19-17(2)26-21-8-5-4-7-20(19)21;/h4-5,7-8,18,26H,3,6,9-16H2,1-2H3,(H2,23,24,25);1H. The molecule has 0 unspecified atom stereocenters. The van der Waals surface area contributed by atoms with Gasteiger partial charge in [-0.25, -0.2) is 0 Å². The molecule has 162 valence electrons. The number of halogens is 1. The minimum Gasteiger partial charge on any atom is -0.381 e. The lowest BCUT2D eigenvalue weighted by Gasteiger charge is -2.22. The number of guanidine groups is 1. The van der Waals surface area contributed by atoms with Crippen LogP contribution in [-0.4, -0.2) is 56.5 Å². The molecule has 2 heterocycles. The van der Waals surface area contributed by atoms with Gasteiger partial charge in [0.15, 0.2) is 5.96 Å². The van der Waals surface area contributed by atoms with E-state index in [-0.39, 0.29) is 24.0 Å². The van der Waals surface area contributed by atoms with Crippen molar-refractivity contribution in [3.05, 3.63) is 35.5 Å². The van der Waals surface area contributed by atoms with E-state index in [1.165, 1.54) is 22.2 Å². The number of aliphatic imine (C=N–C) groups is 1. The highest BCUT2D eigenvalue weighted by Crippen LogP contribution is 2.21. The Morgan fingerprint density at radius 2 is 2.03 bits per heavy atom. The Hall–Kier alpha value is -1.32. The molecule has 3 rings (SSSR count). The fourth-order valence-electron chi connectivity index (χ4n) is 3.65. The third kappa shape index (κ3) is 7.46. The number of hydrogen-bond acceptors (Lipinski definition) is 3. The van der Waals surface area contributed by atoms with Crippen LogP contribution in [0.4, 0.5) is 0 Å². The number of nitrogens with zero attached hydrogens (tertiary/aromatic N) is 1. The smallest absolute Gasteiger partial charge is 0.191 e. The molecule has 1 aromatic carbocycles. The van der Waals surface area contributed by atoms with Crippen LogP contribution >= 0.6 is 24.0 Å². The van der Waals surface area contributed by atoms with E-state index >= 15 is 0 Å². The first kappa shape index (κ1) is 24.0. The number of benzene rings is 1. The maximum Gasteiger partial charge on any atom is 0.191 e. The van der Waals surface area contributed by atoms with Gasteiger partial charge < -0.3 is 25.1 Å². The summed E-state index contributed by atoms with van der Waals surface area (Å²) in [5.41, 5.74) is 3.83. The quantitative estimate of drug-likeness (QED) is 0.206. The first-order valence-electron chi connectivity index (χ1n) is 10.6. The summed E-state index contributed by atoms with van der Waals surface area (Å²) in [5, 5.41) is 8.10. The van der Waals surface area contributed by atoms with Gasteiger partial charge >= 0.3 is 0 Å². The average molecular weight is 514 g/mol. The summed E-state index contributed by atoms with van der Waals surface area (Å²) in [6.07, 6.45) is 4.30. The fraction of sp³-hybridized carbons (Fsp3) is 0.591. The van der Waals surface area contributed by atoms with Crippen molar-refractivity contribution < 1.29 is 9.47 Å². The highest BCUT2D eigenvalue weighted by atomic mass is 127. The Bertz CT molecular complexity index is 756. The van der Waals surface area contributed by atoms with Crippen LogP contribution in [0.1, 0.15) is 37.4 Å². The second-order valence-electron chi connectivity index (χ2n) is 7.25. The molecule has 29 heavy (non-hydrogen) atoms. The zero-order valence-corrected chi connectivity index (χ0v) is 20.0. The van der Waals surface area contributed by atoms with E-state index in [1.807, 2.05) is 0 Å². The third-order valence-corrected chi connectivity index (χ3v) is 5.13. The van der Waals surface area contributed by atoms with E-state index in [9.17, 15) is 0 Å². The molecule has 0 radical (unpaired) electrons. The van der Waals surface area contributed by atoms with E-state index in [1.54, 1.807) is 0 Å². The number of aryl methyl sites for hydroxylation is 1. The predicted octanol–water partition coefficient (Wildman–Crippen LogP) is 3.78. The number of para-hydroxylation sites is 1. The third-order valence-electron chi connectivity index (χ3n) is 5.13. The molecule has 0 saturated carbocycles. The Morgan fingerprint density at radius 1 is 1.24 bits per heavy atom. The van der Waals surface area contributed by atoms with Gasteiger partial charge in [-0.2, -0.15) is 0 Å². The van der Waals surface area contributed by atoms with Crippen LogP contribution in [0.15, 0.2) is 29.3 Å². The minimum atomic E-state index is 0. The van der Waals surface area contributed by atoms with Gasteiger partial charge in [0.05, 0.1) is 6.10 Å². The molecule has 3 N–H and O–H groups in total. The Morgan fingerprint density at radius 3 is 2.83 bits per heavy atom. The summed E-state index contributed by atoms with van der Waals surface area (Å²) in [6.45, 7) is 9.14. The van der Waals surface area contributed by atoms with Gasteiger partial charge in [-0.3, -0.25) is 4.99 Å². The zero-order chi connectivity index (χ0) is 19.6. The van der Waals surface area contributed by atoms with Crippen LogP contribution < -0.4 is 10.6 Å². The normalized spacial score (nSPS) is 15.3. The largest absolute Gasteiger partial charge is 0.381 e. The van der Waals surface area contributed by atoms with Crippen LogP contribution in [0, 0.1) is 6.92 Å². The zero-order valence-electron chi connectivity index (χ0n) is 17.6. The molecule has 0 spiro atoms. The summed E-state index contributed by atoms with van der Waals surface area (Å²) in [6, 6.07) is 8.49. The molecule has 0 aliphatic carbocycles. The maximum absolute atomic E-state index is 5.92. The van der Waals surface area contributed by atoms with Gasteiger partial charge in [0.2, 0.25) is 0 Å². The van der Waals surface area contributed by atoms with Gasteiger partial charge in [0.25, 0.3) is 0 Å². The van der Waals surface area contributed by atoms with Crippen molar-refractivity contribution in [2.24, 2.45) is 4.99 Å². The molecular weight excluding hydrogens is 479 g/mol. The molecule has 2 aromatic rings. The fourth-order valence-corrected chi connectivity index (χ4v) is 3.65. The highest BCUT2D eigenvalue weighted by Gasteiger charge is 2.13. The van der Waals surface area contributed by atoms with Crippen molar-refractivity contribution >= 4 is 40.8 Å². The summed E-state index contributed by atoms with van der Waals surface area (Å²) in [5.74, 6) is 0.881. The van der Waals surface area contributed by atoms with Crippen molar-refractivity contribution in [2.75, 3.05) is 39.5 Å². The molecule has 6 nitrogen and oxygen atoms in total. The minimum absolute atomic E-state index is 0. The molecule has 0 bridgehead atoms. The average Bonchev–Trinajstić information content (AvgIpc) is 3.04. The highest BCUT2D eigenvalue weighted by molar-refractivity contribution is 14.0. The summed E-state index contributed by atoms with van der Waals surface area (Å²) in [7, 11) is 0. The lowest BCUT2D eigenvalue weighted by molar-refractivity contribution is -0.0318. The topological polar surface area (TPSA) is 70.7 Å². The molecule has 0 amide bonds. The number of aromatic amines is 1. The molecule has 1 fully saturated rings. The lowest BCUT2D eigenvalue weighted by Crippen LogP contribution is -2.38. The lowest BCUT2D eigenvalue weighted by atomic mass is 10.1. The van der Waals surface area contributed by atoms with E-state index in [0.29, 0.717) is 6.10 Å². The van der Waals surface area contributed by atoms with Gasteiger partial charge in [-0.05, 0) is 51.2 Å². The number of aromatic nitrogens is 1. The predicted molar refractivity (Wildman–Crippen MR) is 131 cm³/mol. The van der Waals surface area contributed by atoms with Gasteiger partial charge in [-0.1, -0.05) is 18.2 Å². The summed E-state index contributed by atoms with van der Waals surface area (Å²) < 4.78 is 11.3. The van der Waals surface area contributed by atoms with Crippen LogP contribution in [0.25, 0.3) is 10.9 Å². The van der Waals surface area contributed by atoms with E-state index < -0.39 is 0 Å². The molecule has 1 saturated heterocycles. The number of H-pyrrole nitrogens is 1. The van der Waals surface area contributed by atoms with Crippen LogP contribution in [0.3, 0.4) is 0 Å². The number of ether oxygens (including phenoxy) is 2. The number of nitrogens with one attached hydrogen (secondary N) is 3. The van der Waals surface area contributed by atoms with Crippen molar-refractivity contribution in [3.8, 4) is 0 Å². The number of hydrogen-bond donors (Lipinski definition) is 3. The summed E-state index contributed by atoms with van der Waals surface area (Å²) >= 11 is 0. The van der Waals surface area contributed by atoms with Gasteiger partial charge in [0.1, 0.15) is 0 Å². The second kappa shape index (κ2) is 13.1. The van der Waals surface area contributed by atoms with Crippen LogP contribution in [0.5, 0.6) is 0 Å². The molecule has 1 aliphatic rings. The van der Waals surface area contributed by atoms with Crippen molar-refractivity contribution in [1.82, 2.24) is 15.6 Å². The Kier molecular flexibility index (Phi) is 10.8. The van der Waals surface area contributed by atoms with Crippen molar-refractivity contribution in [3.63, 3.8) is 0 Å². The molecule has 0 atom stereocenters. The van der Waals surface area contributed by atoms with Crippen LogP contribution in [-0.2, 0) is 15.9 Å². The van der Waals surface area contributed by atoms with E-state index in [2.05, 4.69) is 58.7 Å². The molecule has 7 heteroatoms. The first-order chi connectivity index (χ1) is 13.8. The molecule has 1 aliphatic heterocycles. The van der Waals surface area contributed by atoms with Crippen molar-refractivity contribution in [2.45, 2.75) is 45.6 Å². The monoisotopic (exact) mass is 514 g/mol. The van der Waals surface area contributed by atoms with E-state index in [4.69, 9.17) is 9.47 Å². The van der Waals surface area contributed by atoms with Gasteiger partial charge in [0, 0.05) is 56.1 Å².